The van der Waals surface area contributed by atoms with Gasteiger partial charge in [-0.25, -0.2) is 14.6 Å². The summed E-state index contributed by atoms with van der Waals surface area (Å²) < 4.78 is 8.18. The van der Waals surface area contributed by atoms with Gasteiger partial charge in [-0.15, -0.1) is 0 Å². The lowest BCUT2D eigenvalue weighted by molar-refractivity contribution is -0.0502. The Hall–Kier alpha value is -3.49. The first kappa shape index (κ1) is 22.9. The van der Waals surface area contributed by atoms with Gasteiger partial charge in [0.05, 0.1) is 5.39 Å². The Morgan fingerprint density at radius 3 is 2.25 bits per heavy atom. The van der Waals surface area contributed by atoms with Gasteiger partial charge in [0, 0.05) is 31.7 Å². The van der Waals surface area contributed by atoms with Crippen LogP contribution in [0.15, 0.2) is 60.9 Å². The van der Waals surface area contributed by atoms with Crippen LogP contribution in [-0.4, -0.2) is 62.8 Å². The lowest BCUT2D eigenvalue weighted by atomic mass is 9.92. The zero-order valence-corrected chi connectivity index (χ0v) is 20.8. The highest BCUT2D eigenvalue weighted by Gasteiger charge is 2.44. The molecular formula is C28H33N7O. The van der Waals surface area contributed by atoms with Gasteiger partial charge in [0.1, 0.15) is 35.0 Å². The molecule has 8 heteroatoms. The molecule has 2 aliphatic rings. The minimum atomic E-state index is -0.208. The molecule has 36 heavy (non-hydrogen) atoms. The van der Waals surface area contributed by atoms with Crippen molar-refractivity contribution in [2.24, 2.45) is 0 Å². The van der Waals surface area contributed by atoms with E-state index in [1.165, 1.54) is 19.3 Å². The molecule has 0 unspecified atom stereocenters. The molecule has 4 heterocycles. The normalized spacial score (nSPS) is 18.9. The highest BCUT2D eigenvalue weighted by Crippen LogP contribution is 2.40. The first-order chi connectivity index (χ1) is 17.6. The number of piperidine rings is 2. The third kappa shape index (κ3) is 4.10. The molecule has 2 aromatic carbocycles. The Labute approximate surface area is 211 Å². The summed E-state index contributed by atoms with van der Waals surface area (Å²) >= 11 is 0. The molecule has 0 radical (unpaired) electrons. The number of rotatable bonds is 5. The van der Waals surface area contributed by atoms with E-state index in [0.717, 1.165) is 72.8 Å². The molecule has 0 amide bonds. The maximum Gasteiger partial charge on any atom is 0.165 e. The van der Waals surface area contributed by atoms with Crippen molar-refractivity contribution in [3.63, 3.8) is 0 Å². The van der Waals surface area contributed by atoms with Gasteiger partial charge in [-0.05, 0) is 69.1 Å². The van der Waals surface area contributed by atoms with Crippen LogP contribution in [-0.2, 0) is 5.66 Å². The molecule has 0 aliphatic carbocycles. The van der Waals surface area contributed by atoms with Gasteiger partial charge in [0.15, 0.2) is 5.65 Å². The van der Waals surface area contributed by atoms with Crippen molar-refractivity contribution in [1.29, 1.82) is 0 Å². The summed E-state index contributed by atoms with van der Waals surface area (Å²) in [5.74, 6) is 2.05. The molecule has 2 aromatic heterocycles. The molecule has 0 saturated carbocycles. The van der Waals surface area contributed by atoms with Crippen LogP contribution < -0.4 is 10.5 Å². The molecule has 4 aromatic rings. The van der Waals surface area contributed by atoms with Crippen LogP contribution in [0.25, 0.3) is 22.3 Å². The first-order valence-electron chi connectivity index (χ1n) is 12.9. The number of hydrogen-bond donors (Lipinski definition) is 1. The van der Waals surface area contributed by atoms with Crippen LogP contribution in [0.1, 0.15) is 32.1 Å². The number of hydrogen-bond acceptors (Lipinski definition) is 7. The van der Waals surface area contributed by atoms with E-state index >= 15 is 0 Å². The third-order valence-electron chi connectivity index (χ3n) is 7.73. The van der Waals surface area contributed by atoms with Gasteiger partial charge in [-0.1, -0.05) is 24.6 Å². The number of nitrogens with two attached hydrogens (primary N) is 1. The molecule has 6 rings (SSSR count). The SMILES string of the molecule is CN1CCC(N2CCCCC2)(n2nc(-c3ccc(Oc4ccccc4)cc3)c3c(N)ncnc32)CC1. The highest BCUT2D eigenvalue weighted by atomic mass is 16.5. The molecule has 2 saturated heterocycles. The fourth-order valence-electron chi connectivity index (χ4n) is 5.72. The highest BCUT2D eigenvalue weighted by molar-refractivity contribution is 5.98. The van der Waals surface area contributed by atoms with Crippen molar-refractivity contribution < 1.29 is 4.74 Å². The monoisotopic (exact) mass is 483 g/mol. The molecule has 2 aliphatic heterocycles. The standard InChI is InChI=1S/C28H33N7O/c1-33-18-14-28(15-19-33,34-16-6-3-7-17-34)35-27-24(26(29)30-20-31-27)25(32-35)21-10-12-23(13-11-21)36-22-8-4-2-5-9-22/h2,4-5,8-13,20H,3,6-7,14-19H2,1H3,(H2,29,30,31). The Kier molecular flexibility index (Phi) is 6.07. The fourth-order valence-corrected chi connectivity index (χ4v) is 5.72. The van der Waals surface area contributed by atoms with Crippen molar-refractivity contribution in [1.82, 2.24) is 29.5 Å². The first-order valence-corrected chi connectivity index (χ1v) is 12.9. The quantitative estimate of drug-likeness (QED) is 0.439. The number of benzene rings is 2. The predicted octanol–water partition coefficient (Wildman–Crippen LogP) is 4.73. The summed E-state index contributed by atoms with van der Waals surface area (Å²) in [6.45, 7) is 4.23. The molecule has 186 valence electrons. The van der Waals surface area contributed by atoms with Crippen LogP contribution in [0.4, 0.5) is 5.82 Å². The zero-order valence-electron chi connectivity index (χ0n) is 20.8. The van der Waals surface area contributed by atoms with Crippen molar-refractivity contribution in [2.45, 2.75) is 37.8 Å². The Morgan fingerprint density at radius 1 is 0.833 bits per heavy atom. The van der Waals surface area contributed by atoms with E-state index in [0.29, 0.717) is 5.82 Å². The number of likely N-dealkylation sites (tertiary alicyclic amines) is 2. The second-order valence-corrected chi connectivity index (χ2v) is 9.99. The van der Waals surface area contributed by atoms with Gasteiger partial charge < -0.3 is 15.4 Å². The summed E-state index contributed by atoms with van der Waals surface area (Å²) in [7, 11) is 2.20. The number of para-hydroxylation sites is 1. The van der Waals surface area contributed by atoms with Gasteiger partial charge in [-0.3, -0.25) is 4.90 Å². The van der Waals surface area contributed by atoms with E-state index in [4.69, 9.17) is 20.6 Å². The third-order valence-corrected chi connectivity index (χ3v) is 7.73. The summed E-state index contributed by atoms with van der Waals surface area (Å²) in [5, 5.41) is 6.09. The topological polar surface area (TPSA) is 85.3 Å². The van der Waals surface area contributed by atoms with Crippen LogP contribution in [0.3, 0.4) is 0 Å². The average Bonchev–Trinajstić information content (AvgIpc) is 3.32. The van der Waals surface area contributed by atoms with Gasteiger partial charge in [0.25, 0.3) is 0 Å². The van der Waals surface area contributed by atoms with E-state index < -0.39 is 0 Å². The van der Waals surface area contributed by atoms with Crippen molar-refractivity contribution >= 4 is 16.9 Å². The number of aromatic nitrogens is 4. The lowest BCUT2D eigenvalue weighted by Crippen LogP contribution is -2.58. The van der Waals surface area contributed by atoms with Crippen molar-refractivity contribution in [3.8, 4) is 22.8 Å². The molecule has 8 nitrogen and oxygen atoms in total. The van der Waals surface area contributed by atoms with E-state index in [-0.39, 0.29) is 5.66 Å². The number of fused-ring (bicyclic) bond motifs is 1. The summed E-state index contributed by atoms with van der Waals surface area (Å²) in [6, 6.07) is 17.8. The van der Waals surface area contributed by atoms with Gasteiger partial charge >= 0.3 is 0 Å². The smallest absolute Gasteiger partial charge is 0.165 e. The largest absolute Gasteiger partial charge is 0.457 e. The maximum atomic E-state index is 6.46. The predicted molar refractivity (Wildman–Crippen MR) is 142 cm³/mol. The molecule has 0 spiro atoms. The van der Waals surface area contributed by atoms with Crippen LogP contribution in [0.5, 0.6) is 11.5 Å². The molecule has 2 N–H and O–H groups in total. The summed E-state index contributed by atoms with van der Waals surface area (Å²) in [5.41, 5.74) is 8.87. The van der Waals surface area contributed by atoms with E-state index in [2.05, 4.69) is 26.5 Å². The van der Waals surface area contributed by atoms with Gasteiger partial charge in [0.2, 0.25) is 0 Å². The van der Waals surface area contributed by atoms with Crippen molar-refractivity contribution in [3.05, 3.63) is 60.9 Å². The van der Waals surface area contributed by atoms with E-state index in [9.17, 15) is 0 Å². The minimum Gasteiger partial charge on any atom is -0.457 e. The van der Waals surface area contributed by atoms with Crippen LogP contribution >= 0.6 is 0 Å². The number of nitrogen functional groups attached to an aromatic ring is 1. The summed E-state index contributed by atoms with van der Waals surface area (Å²) in [6.07, 6.45) is 7.33. The Morgan fingerprint density at radius 2 is 1.53 bits per heavy atom. The molecule has 0 atom stereocenters. The Balaban J connectivity index is 1.43. The van der Waals surface area contributed by atoms with Crippen LogP contribution in [0.2, 0.25) is 0 Å². The maximum absolute atomic E-state index is 6.46. The van der Waals surface area contributed by atoms with Gasteiger partial charge in [-0.2, -0.15) is 5.10 Å². The number of nitrogens with zero attached hydrogens (tertiary/aromatic N) is 6. The minimum absolute atomic E-state index is 0.208. The Bertz CT molecular complexity index is 1320. The lowest BCUT2D eigenvalue weighted by Gasteiger charge is -2.49. The molecular weight excluding hydrogens is 450 g/mol. The fraction of sp³-hybridized carbons (Fsp3) is 0.393. The molecule has 0 bridgehead atoms. The molecule has 2 fully saturated rings. The van der Waals surface area contributed by atoms with Crippen molar-refractivity contribution in [2.75, 3.05) is 39.0 Å². The van der Waals surface area contributed by atoms with E-state index in [1.807, 2.05) is 54.6 Å². The number of ether oxygens (including phenoxy) is 1. The van der Waals surface area contributed by atoms with Crippen LogP contribution in [0, 0.1) is 0 Å². The second-order valence-electron chi connectivity index (χ2n) is 9.99. The summed E-state index contributed by atoms with van der Waals surface area (Å²) in [4.78, 5) is 14.1. The van der Waals surface area contributed by atoms with E-state index in [1.54, 1.807) is 6.33 Å². The zero-order chi connectivity index (χ0) is 24.5. The number of anilines is 1. The average molecular weight is 484 g/mol. The second kappa shape index (κ2) is 9.52.